The molecule has 0 bridgehead atoms. The van der Waals surface area contributed by atoms with Crippen molar-refractivity contribution in [1.29, 1.82) is 0 Å². The van der Waals surface area contributed by atoms with Crippen molar-refractivity contribution >= 4 is 17.6 Å². The lowest BCUT2D eigenvalue weighted by Crippen LogP contribution is -2.23. The molecular formula is C18H19NO4. The van der Waals surface area contributed by atoms with Gasteiger partial charge in [0.2, 0.25) is 0 Å². The standard InChI is InChI=1S/C18H19NO4/c1-3-23-18(21)16(13-8-5-4-6-9-13)19-15-11-7-10-14(12-15)17(20)22-2/h4-12,16,19H,3H2,1-2H3/t16-/m0/s1. The van der Waals surface area contributed by atoms with E-state index in [-0.39, 0.29) is 5.97 Å². The molecule has 5 nitrogen and oxygen atoms in total. The van der Waals surface area contributed by atoms with E-state index >= 15 is 0 Å². The van der Waals surface area contributed by atoms with Crippen LogP contribution in [0.5, 0.6) is 0 Å². The Morgan fingerprint density at radius 1 is 1.09 bits per heavy atom. The summed E-state index contributed by atoms with van der Waals surface area (Å²) in [6, 6.07) is 15.4. The summed E-state index contributed by atoms with van der Waals surface area (Å²) >= 11 is 0. The molecule has 0 radical (unpaired) electrons. The zero-order valence-corrected chi connectivity index (χ0v) is 13.1. The zero-order valence-electron chi connectivity index (χ0n) is 13.1. The predicted molar refractivity (Wildman–Crippen MR) is 87.2 cm³/mol. The molecule has 2 aromatic carbocycles. The SMILES string of the molecule is CCOC(=O)[C@@H](Nc1cccc(C(=O)OC)c1)c1ccccc1. The normalized spacial score (nSPS) is 11.4. The summed E-state index contributed by atoms with van der Waals surface area (Å²) in [5.74, 6) is -0.803. The Kier molecular flexibility index (Phi) is 5.74. The fraction of sp³-hybridized carbons (Fsp3) is 0.222. The van der Waals surface area contributed by atoms with Crippen molar-refractivity contribution in [3.63, 3.8) is 0 Å². The number of anilines is 1. The summed E-state index contributed by atoms with van der Waals surface area (Å²) in [5, 5.41) is 3.12. The lowest BCUT2D eigenvalue weighted by Gasteiger charge is -2.19. The minimum atomic E-state index is -0.649. The lowest BCUT2D eigenvalue weighted by atomic mass is 10.1. The van der Waals surface area contributed by atoms with Crippen molar-refractivity contribution in [3.8, 4) is 0 Å². The topological polar surface area (TPSA) is 64.6 Å². The zero-order chi connectivity index (χ0) is 16.7. The third-order valence-electron chi connectivity index (χ3n) is 3.25. The Bertz CT molecular complexity index is 670. The summed E-state index contributed by atoms with van der Waals surface area (Å²) in [6.45, 7) is 2.06. The van der Waals surface area contributed by atoms with Crippen LogP contribution >= 0.6 is 0 Å². The van der Waals surface area contributed by atoms with Crippen LogP contribution in [0, 0.1) is 0 Å². The minimum Gasteiger partial charge on any atom is -0.465 e. The van der Waals surface area contributed by atoms with Crippen LogP contribution in [0.15, 0.2) is 54.6 Å². The highest BCUT2D eigenvalue weighted by Crippen LogP contribution is 2.22. The molecule has 23 heavy (non-hydrogen) atoms. The van der Waals surface area contributed by atoms with Gasteiger partial charge in [-0.2, -0.15) is 0 Å². The van der Waals surface area contributed by atoms with Gasteiger partial charge < -0.3 is 14.8 Å². The second-order valence-electron chi connectivity index (χ2n) is 4.81. The monoisotopic (exact) mass is 313 g/mol. The van der Waals surface area contributed by atoms with Crippen LogP contribution in [-0.2, 0) is 14.3 Å². The Hall–Kier alpha value is -2.82. The maximum absolute atomic E-state index is 12.2. The maximum Gasteiger partial charge on any atom is 0.337 e. The lowest BCUT2D eigenvalue weighted by molar-refractivity contribution is -0.144. The molecule has 1 N–H and O–H groups in total. The van der Waals surface area contributed by atoms with Gasteiger partial charge in [-0.25, -0.2) is 9.59 Å². The molecule has 0 saturated carbocycles. The predicted octanol–water partition coefficient (Wildman–Crippen LogP) is 3.19. The van der Waals surface area contributed by atoms with Crippen molar-refractivity contribution in [2.75, 3.05) is 19.0 Å². The summed E-state index contributed by atoms with van der Waals surface area (Å²) in [4.78, 5) is 23.9. The largest absolute Gasteiger partial charge is 0.465 e. The number of rotatable bonds is 6. The number of nitrogens with one attached hydrogen (secondary N) is 1. The van der Waals surface area contributed by atoms with Crippen LogP contribution in [0.1, 0.15) is 28.9 Å². The van der Waals surface area contributed by atoms with Gasteiger partial charge >= 0.3 is 11.9 Å². The van der Waals surface area contributed by atoms with Crippen LogP contribution in [0.25, 0.3) is 0 Å². The van der Waals surface area contributed by atoms with Crippen molar-refractivity contribution in [3.05, 3.63) is 65.7 Å². The Labute approximate surface area is 135 Å². The van der Waals surface area contributed by atoms with Crippen LogP contribution in [0.4, 0.5) is 5.69 Å². The first-order valence-electron chi connectivity index (χ1n) is 7.32. The molecule has 0 saturated heterocycles. The number of carbonyl (C=O) groups is 2. The number of hydrogen-bond donors (Lipinski definition) is 1. The average molecular weight is 313 g/mol. The van der Waals surface area contributed by atoms with Gasteiger partial charge in [-0.1, -0.05) is 36.4 Å². The second kappa shape index (κ2) is 7.98. The van der Waals surface area contributed by atoms with Crippen LogP contribution in [0.3, 0.4) is 0 Å². The Balaban J connectivity index is 2.27. The fourth-order valence-electron chi connectivity index (χ4n) is 2.17. The molecule has 0 aliphatic heterocycles. The molecule has 0 aromatic heterocycles. The van der Waals surface area contributed by atoms with E-state index in [0.29, 0.717) is 17.9 Å². The van der Waals surface area contributed by atoms with Gasteiger partial charge in [0.25, 0.3) is 0 Å². The van der Waals surface area contributed by atoms with Crippen molar-refractivity contribution in [2.45, 2.75) is 13.0 Å². The molecule has 0 heterocycles. The van der Waals surface area contributed by atoms with Gasteiger partial charge in [0.15, 0.2) is 6.04 Å². The van der Waals surface area contributed by atoms with E-state index in [9.17, 15) is 9.59 Å². The van der Waals surface area contributed by atoms with Gasteiger partial charge in [-0.15, -0.1) is 0 Å². The van der Waals surface area contributed by atoms with E-state index in [4.69, 9.17) is 9.47 Å². The quantitative estimate of drug-likeness (QED) is 0.830. The van der Waals surface area contributed by atoms with E-state index in [0.717, 1.165) is 5.56 Å². The summed E-state index contributed by atoms with van der Waals surface area (Å²) < 4.78 is 9.85. The highest BCUT2D eigenvalue weighted by atomic mass is 16.5. The number of ether oxygens (including phenoxy) is 2. The summed E-state index contributed by atoms with van der Waals surface area (Å²) in [5.41, 5.74) is 1.83. The number of methoxy groups -OCH3 is 1. The highest BCUT2D eigenvalue weighted by Gasteiger charge is 2.22. The van der Waals surface area contributed by atoms with Crippen LogP contribution in [-0.4, -0.2) is 25.7 Å². The first kappa shape index (κ1) is 16.5. The summed E-state index contributed by atoms with van der Waals surface area (Å²) in [6.07, 6.45) is 0. The van der Waals surface area contributed by atoms with Gasteiger partial charge in [-0.05, 0) is 30.7 Å². The van der Waals surface area contributed by atoms with E-state index < -0.39 is 12.0 Å². The molecule has 0 amide bonds. The molecule has 2 rings (SSSR count). The number of esters is 2. The molecule has 1 atom stereocenters. The first-order chi connectivity index (χ1) is 11.2. The number of benzene rings is 2. The molecule has 5 heteroatoms. The third-order valence-corrected chi connectivity index (χ3v) is 3.25. The third kappa shape index (κ3) is 4.32. The average Bonchev–Trinajstić information content (AvgIpc) is 2.60. The van der Waals surface area contributed by atoms with Gasteiger partial charge in [0.1, 0.15) is 0 Å². The molecule has 120 valence electrons. The fourth-order valence-corrected chi connectivity index (χ4v) is 2.17. The van der Waals surface area contributed by atoms with E-state index in [1.165, 1.54) is 7.11 Å². The van der Waals surface area contributed by atoms with Crippen molar-refractivity contribution in [1.82, 2.24) is 0 Å². The second-order valence-corrected chi connectivity index (χ2v) is 4.81. The van der Waals surface area contributed by atoms with Crippen molar-refractivity contribution in [2.24, 2.45) is 0 Å². The van der Waals surface area contributed by atoms with Crippen LogP contribution in [0.2, 0.25) is 0 Å². The molecule has 0 fully saturated rings. The number of carbonyl (C=O) groups excluding carboxylic acids is 2. The minimum absolute atomic E-state index is 0.298. The molecule has 0 spiro atoms. The van der Waals surface area contributed by atoms with Crippen molar-refractivity contribution < 1.29 is 19.1 Å². The van der Waals surface area contributed by atoms with Gasteiger partial charge in [0, 0.05) is 5.69 Å². The van der Waals surface area contributed by atoms with Crippen LogP contribution < -0.4 is 5.32 Å². The first-order valence-corrected chi connectivity index (χ1v) is 7.32. The maximum atomic E-state index is 12.2. The van der Waals surface area contributed by atoms with E-state index in [1.807, 2.05) is 30.3 Å². The van der Waals surface area contributed by atoms with Gasteiger partial charge in [0.05, 0.1) is 19.3 Å². The highest BCUT2D eigenvalue weighted by molar-refractivity contribution is 5.90. The Morgan fingerprint density at radius 3 is 2.48 bits per heavy atom. The molecule has 0 aliphatic rings. The number of hydrogen-bond acceptors (Lipinski definition) is 5. The smallest absolute Gasteiger partial charge is 0.337 e. The van der Waals surface area contributed by atoms with E-state index in [2.05, 4.69) is 5.32 Å². The van der Waals surface area contributed by atoms with E-state index in [1.54, 1.807) is 31.2 Å². The molecule has 2 aromatic rings. The molecule has 0 aliphatic carbocycles. The molecule has 0 unspecified atom stereocenters. The van der Waals surface area contributed by atoms with Gasteiger partial charge in [-0.3, -0.25) is 0 Å². The molecular weight excluding hydrogens is 294 g/mol. The summed E-state index contributed by atoms with van der Waals surface area (Å²) in [7, 11) is 1.33. The Morgan fingerprint density at radius 2 is 1.83 bits per heavy atom.